The number of carboxylic acid groups (broad SMARTS) is 1. The zero-order valence-electron chi connectivity index (χ0n) is 20.2. The maximum absolute atomic E-state index is 14.4. The number of piperazine rings is 1. The Hall–Kier alpha value is -3.58. The van der Waals surface area contributed by atoms with Gasteiger partial charge in [-0.2, -0.15) is 5.26 Å². The largest absolute Gasteiger partial charge is 0.465 e. The van der Waals surface area contributed by atoms with E-state index in [1.165, 1.54) is 22.7 Å². The lowest BCUT2D eigenvalue weighted by atomic mass is 9.99. The highest BCUT2D eigenvalue weighted by atomic mass is 32.2. The normalized spacial score (nSPS) is 17.7. The quantitative estimate of drug-likeness (QED) is 0.410. The topological polar surface area (TPSA) is 96.6 Å². The van der Waals surface area contributed by atoms with E-state index in [1.807, 2.05) is 37.4 Å². The van der Waals surface area contributed by atoms with Crippen molar-refractivity contribution in [3.8, 4) is 6.07 Å². The summed E-state index contributed by atoms with van der Waals surface area (Å²) >= 11 is 1.47. The number of hydrogen-bond donors (Lipinski definition) is 1. The van der Waals surface area contributed by atoms with E-state index >= 15 is 0 Å². The number of aryl methyl sites for hydroxylation is 1. The molecule has 1 aromatic heterocycles. The highest BCUT2D eigenvalue weighted by Gasteiger charge is 2.33. The molecule has 0 spiro atoms. The fourth-order valence-electron chi connectivity index (χ4n) is 5.30. The molecule has 8 nitrogen and oxygen atoms in total. The van der Waals surface area contributed by atoms with Gasteiger partial charge in [-0.1, -0.05) is 30.0 Å². The van der Waals surface area contributed by atoms with Crippen LogP contribution in [0.25, 0.3) is 10.8 Å². The molecule has 2 aliphatic rings. The molecule has 1 unspecified atom stereocenters. The van der Waals surface area contributed by atoms with Crippen LogP contribution in [0.15, 0.2) is 35.5 Å². The third-order valence-corrected chi connectivity index (χ3v) is 7.67. The molecule has 3 heterocycles. The number of anilines is 2. The number of amides is 1. The highest BCUT2D eigenvalue weighted by molar-refractivity contribution is 7.98. The standard InChI is InChI=1S/C26H27FN6O2S/c1-16-20(27)7-6-17-4-3-5-22(23(16)17)31-11-9-19-21(15-31)29-25(36-2)30-24(19)32-12-13-33(26(34)35)18(14-32)8-10-28/h3-7,18H,8-9,11-15H2,1-2H3,(H,34,35). The molecule has 1 saturated heterocycles. The Kier molecular flexibility index (Phi) is 6.58. The van der Waals surface area contributed by atoms with Crippen LogP contribution in [0.4, 0.5) is 20.7 Å². The first kappa shape index (κ1) is 24.1. The van der Waals surface area contributed by atoms with E-state index in [4.69, 9.17) is 9.97 Å². The first-order valence-corrected chi connectivity index (χ1v) is 13.1. The van der Waals surface area contributed by atoms with Crippen molar-refractivity contribution >= 4 is 40.1 Å². The van der Waals surface area contributed by atoms with Gasteiger partial charge in [0.25, 0.3) is 0 Å². The van der Waals surface area contributed by atoms with Gasteiger partial charge in [0.2, 0.25) is 0 Å². The van der Waals surface area contributed by atoms with Gasteiger partial charge in [-0.15, -0.1) is 0 Å². The third-order valence-electron chi connectivity index (χ3n) is 7.12. The zero-order chi connectivity index (χ0) is 25.4. The number of hydrogen-bond acceptors (Lipinski definition) is 7. The first-order chi connectivity index (χ1) is 17.4. The van der Waals surface area contributed by atoms with Crippen molar-refractivity contribution in [3.63, 3.8) is 0 Å². The second kappa shape index (κ2) is 9.82. The maximum Gasteiger partial charge on any atom is 0.407 e. The fourth-order valence-corrected chi connectivity index (χ4v) is 5.68. The van der Waals surface area contributed by atoms with Gasteiger partial charge < -0.3 is 19.8 Å². The third kappa shape index (κ3) is 4.28. The van der Waals surface area contributed by atoms with E-state index in [0.29, 0.717) is 43.3 Å². The molecule has 0 bridgehead atoms. The molecule has 2 aliphatic heterocycles. The van der Waals surface area contributed by atoms with Crippen LogP contribution in [0.2, 0.25) is 0 Å². The van der Waals surface area contributed by atoms with Crippen molar-refractivity contribution in [1.29, 1.82) is 5.26 Å². The summed E-state index contributed by atoms with van der Waals surface area (Å²) in [6.07, 6.45) is 1.79. The number of aromatic nitrogens is 2. The van der Waals surface area contributed by atoms with Crippen molar-refractivity contribution in [2.45, 2.75) is 37.5 Å². The molecule has 1 amide bonds. The van der Waals surface area contributed by atoms with Crippen molar-refractivity contribution in [2.75, 3.05) is 42.2 Å². The smallest absolute Gasteiger partial charge is 0.407 e. The SMILES string of the molecule is CSc1nc2c(c(N3CCN(C(=O)O)C(CC#N)C3)n1)CCN(c1cccc3ccc(F)c(C)c13)C2. The van der Waals surface area contributed by atoms with Crippen LogP contribution in [0.1, 0.15) is 23.2 Å². The Morgan fingerprint density at radius 3 is 2.81 bits per heavy atom. The summed E-state index contributed by atoms with van der Waals surface area (Å²) in [4.78, 5) is 27.0. The van der Waals surface area contributed by atoms with Gasteiger partial charge >= 0.3 is 6.09 Å². The van der Waals surface area contributed by atoms with Crippen molar-refractivity contribution < 1.29 is 14.3 Å². The number of fused-ring (bicyclic) bond motifs is 2. The molecule has 10 heteroatoms. The van der Waals surface area contributed by atoms with Crippen LogP contribution < -0.4 is 9.80 Å². The fraction of sp³-hybridized carbons (Fsp3) is 0.385. The lowest BCUT2D eigenvalue weighted by Crippen LogP contribution is -2.55. The molecule has 36 heavy (non-hydrogen) atoms. The Morgan fingerprint density at radius 1 is 1.22 bits per heavy atom. The maximum atomic E-state index is 14.4. The number of carbonyl (C=O) groups is 1. The Labute approximate surface area is 213 Å². The van der Waals surface area contributed by atoms with Crippen LogP contribution >= 0.6 is 11.8 Å². The zero-order valence-corrected chi connectivity index (χ0v) is 21.1. The number of nitrogens with zero attached hydrogens (tertiary/aromatic N) is 6. The summed E-state index contributed by atoms with van der Waals surface area (Å²) in [7, 11) is 0. The molecule has 0 saturated carbocycles. The predicted molar refractivity (Wildman–Crippen MR) is 138 cm³/mol. The van der Waals surface area contributed by atoms with Crippen molar-refractivity contribution in [1.82, 2.24) is 14.9 Å². The summed E-state index contributed by atoms with van der Waals surface area (Å²) in [5.74, 6) is 0.617. The van der Waals surface area contributed by atoms with E-state index < -0.39 is 12.1 Å². The van der Waals surface area contributed by atoms with E-state index in [-0.39, 0.29) is 12.2 Å². The van der Waals surface area contributed by atoms with E-state index in [2.05, 4.69) is 15.9 Å². The van der Waals surface area contributed by atoms with Crippen LogP contribution in [0, 0.1) is 24.1 Å². The molecule has 0 radical (unpaired) electrons. The molecule has 1 N–H and O–H groups in total. The average Bonchev–Trinajstić information content (AvgIpc) is 2.89. The van der Waals surface area contributed by atoms with Gasteiger partial charge in [-0.05, 0) is 42.7 Å². The van der Waals surface area contributed by atoms with E-state index in [0.717, 1.165) is 40.1 Å². The highest BCUT2D eigenvalue weighted by Crippen LogP contribution is 2.36. The molecule has 3 aromatic rings. The predicted octanol–water partition coefficient (Wildman–Crippen LogP) is 4.44. The molecule has 0 aliphatic carbocycles. The number of nitriles is 1. The van der Waals surface area contributed by atoms with Gasteiger partial charge in [0.15, 0.2) is 5.16 Å². The second-order valence-electron chi connectivity index (χ2n) is 9.12. The van der Waals surface area contributed by atoms with Gasteiger partial charge in [0.05, 0.1) is 30.8 Å². The van der Waals surface area contributed by atoms with E-state index in [1.54, 1.807) is 0 Å². The Morgan fingerprint density at radius 2 is 2.06 bits per heavy atom. The summed E-state index contributed by atoms with van der Waals surface area (Å²) in [5, 5.41) is 21.4. The minimum Gasteiger partial charge on any atom is -0.465 e. The second-order valence-corrected chi connectivity index (χ2v) is 9.89. The summed E-state index contributed by atoms with van der Waals surface area (Å²) in [6.45, 7) is 4.37. The molecular weight excluding hydrogens is 479 g/mol. The molecule has 1 fully saturated rings. The van der Waals surface area contributed by atoms with E-state index in [9.17, 15) is 19.6 Å². The van der Waals surface area contributed by atoms with Crippen LogP contribution in [0.3, 0.4) is 0 Å². The molecular formula is C26H27FN6O2S. The van der Waals surface area contributed by atoms with Gasteiger partial charge in [0.1, 0.15) is 11.6 Å². The Bertz CT molecular complexity index is 1380. The summed E-state index contributed by atoms with van der Waals surface area (Å²) < 4.78 is 14.4. The van der Waals surface area contributed by atoms with Crippen LogP contribution in [-0.2, 0) is 13.0 Å². The minimum atomic E-state index is -0.998. The number of rotatable bonds is 4. The Balaban J connectivity index is 1.50. The summed E-state index contributed by atoms with van der Waals surface area (Å²) in [5.41, 5.74) is 3.62. The lowest BCUT2D eigenvalue weighted by molar-refractivity contribution is 0.119. The first-order valence-electron chi connectivity index (χ1n) is 11.9. The summed E-state index contributed by atoms with van der Waals surface area (Å²) in [6, 6.07) is 11.1. The molecule has 2 aromatic carbocycles. The monoisotopic (exact) mass is 506 g/mol. The van der Waals surface area contributed by atoms with Gasteiger partial charge in [-0.3, -0.25) is 0 Å². The van der Waals surface area contributed by atoms with Crippen LogP contribution in [-0.4, -0.2) is 64.5 Å². The van der Waals surface area contributed by atoms with Crippen molar-refractivity contribution in [3.05, 3.63) is 53.0 Å². The number of thioether (sulfide) groups is 1. The van der Waals surface area contributed by atoms with Gasteiger partial charge in [-0.25, -0.2) is 19.2 Å². The molecule has 1 atom stereocenters. The van der Waals surface area contributed by atoms with Crippen molar-refractivity contribution in [2.24, 2.45) is 0 Å². The number of benzene rings is 2. The minimum absolute atomic E-state index is 0.135. The molecule has 186 valence electrons. The number of halogens is 1. The molecule has 5 rings (SSSR count). The lowest BCUT2D eigenvalue weighted by Gasteiger charge is -2.41. The average molecular weight is 507 g/mol. The van der Waals surface area contributed by atoms with Crippen LogP contribution in [0.5, 0.6) is 0 Å². The van der Waals surface area contributed by atoms with Gasteiger partial charge in [0, 0.05) is 42.8 Å².